The van der Waals surface area contributed by atoms with E-state index in [2.05, 4.69) is 13.8 Å². The number of benzene rings is 1. The van der Waals surface area contributed by atoms with E-state index in [1.165, 1.54) is 0 Å². The van der Waals surface area contributed by atoms with E-state index in [0.717, 1.165) is 29.8 Å². The van der Waals surface area contributed by atoms with Gasteiger partial charge < -0.3 is 9.64 Å². The third kappa shape index (κ3) is 3.82. The number of halogens is 1. The molecule has 1 aliphatic carbocycles. The zero-order valence-corrected chi connectivity index (χ0v) is 14.5. The second-order valence-electron chi connectivity index (χ2n) is 5.96. The number of hydrogen-bond donors (Lipinski definition) is 0. The van der Waals surface area contributed by atoms with Crippen molar-refractivity contribution in [3.8, 4) is 0 Å². The minimum Gasteiger partial charge on any atom is -0.383 e. The van der Waals surface area contributed by atoms with Gasteiger partial charge >= 0.3 is 0 Å². The number of rotatable bonds is 8. The molecule has 0 aromatic heterocycles. The maximum absolute atomic E-state index is 12.9. The van der Waals surface area contributed by atoms with Crippen molar-refractivity contribution in [2.24, 2.45) is 5.92 Å². The van der Waals surface area contributed by atoms with Gasteiger partial charge in [-0.05, 0) is 36.8 Å². The first kappa shape index (κ1) is 17.3. The molecule has 22 heavy (non-hydrogen) atoms. The summed E-state index contributed by atoms with van der Waals surface area (Å²) in [5, 5.41) is 0.772. The molecule has 4 heteroatoms. The van der Waals surface area contributed by atoms with Gasteiger partial charge in [0.2, 0.25) is 5.91 Å². The van der Waals surface area contributed by atoms with Crippen LogP contribution in [0.3, 0.4) is 0 Å². The van der Waals surface area contributed by atoms with Gasteiger partial charge in [-0.15, -0.1) is 0 Å². The van der Waals surface area contributed by atoms with Gasteiger partial charge in [-0.3, -0.25) is 4.79 Å². The number of hydrogen-bond acceptors (Lipinski definition) is 2. The largest absolute Gasteiger partial charge is 0.383 e. The minimum atomic E-state index is 0.0809. The summed E-state index contributed by atoms with van der Waals surface area (Å²) in [5.41, 5.74) is 1.11. The molecular formula is C18H26ClNO2. The van der Waals surface area contributed by atoms with Crippen molar-refractivity contribution in [1.82, 2.24) is 4.90 Å². The molecule has 2 atom stereocenters. The van der Waals surface area contributed by atoms with Gasteiger partial charge in [0.1, 0.15) is 0 Å². The van der Waals surface area contributed by atoms with E-state index in [0.29, 0.717) is 19.2 Å². The SMILES string of the molecule is CCC(CC)N(CCOC)C(=O)C1CC1c1ccccc1Cl. The summed E-state index contributed by atoms with van der Waals surface area (Å²) in [7, 11) is 1.68. The zero-order valence-electron chi connectivity index (χ0n) is 13.7. The van der Waals surface area contributed by atoms with Crippen LogP contribution in [0.5, 0.6) is 0 Å². The first-order valence-corrected chi connectivity index (χ1v) is 8.55. The highest BCUT2D eigenvalue weighted by Gasteiger charge is 2.47. The van der Waals surface area contributed by atoms with E-state index >= 15 is 0 Å². The summed E-state index contributed by atoms with van der Waals surface area (Å²) >= 11 is 6.26. The Bertz CT molecular complexity index is 502. The second kappa shape index (κ2) is 7.98. The highest BCUT2D eigenvalue weighted by atomic mass is 35.5. The summed E-state index contributed by atoms with van der Waals surface area (Å²) < 4.78 is 5.18. The fraction of sp³-hybridized carbons (Fsp3) is 0.611. The van der Waals surface area contributed by atoms with Gasteiger partial charge in [0.25, 0.3) is 0 Å². The molecule has 0 heterocycles. The van der Waals surface area contributed by atoms with E-state index < -0.39 is 0 Å². The smallest absolute Gasteiger partial charge is 0.226 e. The van der Waals surface area contributed by atoms with Crippen molar-refractivity contribution in [1.29, 1.82) is 0 Å². The molecule has 1 amide bonds. The number of nitrogens with zero attached hydrogens (tertiary/aromatic N) is 1. The summed E-state index contributed by atoms with van der Waals surface area (Å²) in [5.74, 6) is 0.619. The van der Waals surface area contributed by atoms with Crippen molar-refractivity contribution >= 4 is 17.5 Å². The van der Waals surface area contributed by atoms with Crippen molar-refractivity contribution in [2.45, 2.75) is 45.1 Å². The summed E-state index contributed by atoms with van der Waals surface area (Å²) in [6.07, 6.45) is 2.87. The maximum Gasteiger partial charge on any atom is 0.226 e. The van der Waals surface area contributed by atoms with E-state index in [1.54, 1.807) is 7.11 Å². The molecule has 0 aliphatic heterocycles. The number of methoxy groups -OCH3 is 1. The Balaban J connectivity index is 2.07. The van der Waals surface area contributed by atoms with Gasteiger partial charge in [0, 0.05) is 30.6 Å². The van der Waals surface area contributed by atoms with Gasteiger partial charge in [0.05, 0.1) is 6.61 Å². The molecule has 0 bridgehead atoms. The first-order valence-electron chi connectivity index (χ1n) is 8.17. The predicted octanol–water partition coefficient (Wildman–Crippen LogP) is 4.11. The van der Waals surface area contributed by atoms with Crippen LogP contribution in [0.1, 0.15) is 44.6 Å². The van der Waals surface area contributed by atoms with Crippen LogP contribution in [-0.2, 0) is 9.53 Å². The van der Waals surface area contributed by atoms with Gasteiger partial charge in [0.15, 0.2) is 0 Å². The first-order chi connectivity index (χ1) is 10.6. The molecule has 2 unspecified atom stereocenters. The Hall–Kier alpha value is -1.06. The van der Waals surface area contributed by atoms with Crippen molar-refractivity contribution in [3.05, 3.63) is 34.9 Å². The molecule has 122 valence electrons. The summed E-state index contributed by atoms with van der Waals surface area (Å²) in [6.45, 7) is 5.54. The molecule has 1 aromatic rings. The van der Waals surface area contributed by atoms with Crippen LogP contribution in [0.4, 0.5) is 0 Å². The Morgan fingerprint density at radius 2 is 2.05 bits per heavy atom. The van der Waals surface area contributed by atoms with Crippen molar-refractivity contribution in [3.63, 3.8) is 0 Å². The predicted molar refractivity (Wildman–Crippen MR) is 90.3 cm³/mol. The van der Waals surface area contributed by atoms with Gasteiger partial charge in [-0.2, -0.15) is 0 Å². The third-order valence-corrected chi connectivity index (χ3v) is 4.96. The van der Waals surface area contributed by atoms with Crippen LogP contribution in [0.25, 0.3) is 0 Å². The molecule has 0 N–H and O–H groups in total. The molecule has 2 rings (SSSR count). The molecule has 1 aliphatic rings. The highest BCUT2D eigenvalue weighted by Crippen LogP contribution is 2.50. The van der Waals surface area contributed by atoms with E-state index in [9.17, 15) is 4.79 Å². The van der Waals surface area contributed by atoms with Crippen LogP contribution in [0.15, 0.2) is 24.3 Å². The van der Waals surface area contributed by atoms with Crippen LogP contribution >= 0.6 is 11.6 Å². The molecular weight excluding hydrogens is 298 g/mol. The van der Waals surface area contributed by atoms with E-state index in [4.69, 9.17) is 16.3 Å². The number of amides is 1. The van der Waals surface area contributed by atoms with Gasteiger partial charge in [-0.25, -0.2) is 0 Å². The van der Waals surface area contributed by atoms with Crippen LogP contribution in [0, 0.1) is 5.92 Å². The Kier molecular flexibility index (Phi) is 6.27. The Labute approximate surface area is 138 Å². The zero-order chi connectivity index (χ0) is 16.1. The average molecular weight is 324 g/mol. The monoisotopic (exact) mass is 323 g/mol. The maximum atomic E-state index is 12.9. The lowest BCUT2D eigenvalue weighted by Gasteiger charge is -2.30. The van der Waals surface area contributed by atoms with Crippen LogP contribution in [-0.4, -0.2) is 37.1 Å². The minimum absolute atomic E-state index is 0.0809. The fourth-order valence-electron chi connectivity index (χ4n) is 3.19. The van der Waals surface area contributed by atoms with Crippen molar-refractivity contribution < 1.29 is 9.53 Å². The van der Waals surface area contributed by atoms with Gasteiger partial charge in [-0.1, -0.05) is 43.6 Å². The lowest BCUT2D eigenvalue weighted by Crippen LogP contribution is -2.42. The number of ether oxygens (including phenoxy) is 1. The quantitative estimate of drug-likeness (QED) is 0.720. The van der Waals surface area contributed by atoms with Crippen LogP contribution in [0.2, 0.25) is 5.02 Å². The molecule has 0 spiro atoms. The second-order valence-corrected chi connectivity index (χ2v) is 6.37. The fourth-order valence-corrected chi connectivity index (χ4v) is 3.47. The van der Waals surface area contributed by atoms with Crippen LogP contribution < -0.4 is 0 Å². The topological polar surface area (TPSA) is 29.5 Å². The lowest BCUT2D eigenvalue weighted by molar-refractivity contribution is -0.136. The summed E-state index contributed by atoms with van der Waals surface area (Å²) in [6, 6.07) is 8.16. The number of carbonyl (C=O) groups is 1. The van der Waals surface area contributed by atoms with E-state index in [1.807, 2.05) is 29.2 Å². The van der Waals surface area contributed by atoms with Crippen molar-refractivity contribution in [2.75, 3.05) is 20.3 Å². The van der Waals surface area contributed by atoms with E-state index in [-0.39, 0.29) is 17.7 Å². The molecule has 1 saturated carbocycles. The number of carbonyl (C=O) groups excluding carboxylic acids is 1. The molecule has 1 fully saturated rings. The molecule has 0 saturated heterocycles. The standard InChI is InChI=1S/C18H26ClNO2/c1-4-13(5-2)20(10-11-22-3)18(21)16-12-15(16)14-8-6-7-9-17(14)19/h6-9,13,15-16H,4-5,10-12H2,1-3H3. The third-order valence-electron chi connectivity index (χ3n) is 4.61. The molecule has 0 radical (unpaired) electrons. The summed E-state index contributed by atoms with van der Waals surface area (Å²) in [4.78, 5) is 14.9. The Morgan fingerprint density at radius 3 is 2.64 bits per heavy atom. The lowest BCUT2D eigenvalue weighted by atomic mass is 10.1. The highest BCUT2D eigenvalue weighted by molar-refractivity contribution is 6.31. The normalized spacial score (nSPS) is 20.2. The average Bonchev–Trinajstić information content (AvgIpc) is 3.31. The molecule has 1 aromatic carbocycles. The Morgan fingerprint density at radius 1 is 1.36 bits per heavy atom. The molecule has 3 nitrogen and oxygen atoms in total.